The number of hydrogen-bond donors (Lipinski definition) is 1. The summed E-state index contributed by atoms with van der Waals surface area (Å²) in [4.78, 5) is 14.3. The van der Waals surface area contributed by atoms with Crippen molar-refractivity contribution in [3.8, 4) is 0 Å². The van der Waals surface area contributed by atoms with Gasteiger partial charge in [-0.1, -0.05) is 25.7 Å². The van der Waals surface area contributed by atoms with Crippen LogP contribution in [0.15, 0.2) is 0 Å². The second-order valence-corrected chi connectivity index (χ2v) is 5.20. The summed E-state index contributed by atoms with van der Waals surface area (Å²) in [6.45, 7) is 0.999. The molecule has 1 N–H and O–H groups in total. The van der Waals surface area contributed by atoms with Gasteiger partial charge in [-0.15, -0.1) is 0 Å². The van der Waals surface area contributed by atoms with Crippen LogP contribution in [0.2, 0.25) is 0 Å². The number of carbonyl (C=O) groups excluding carboxylic acids is 1. The van der Waals surface area contributed by atoms with Crippen LogP contribution in [0.4, 0.5) is 0 Å². The molecule has 0 aromatic rings. The van der Waals surface area contributed by atoms with Gasteiger partial charge >= 0.3 is 0 Å². The first-order valence-corrected chi connectivity index (χ1v) is 6.74. The molecule has 0 spiro atoms. The molecule has 1 saturated heterocycles. The van der Waals surface area contributed by atoms with Crippen LogP contribution in [-0.2, 0) is 4.79 Å². The number of aliphatic hydroxyl groups excluding tert-OH is 1. The Hall–Kier alpha value is -0.570. The summed E-state index contributed by atoms with van der Waals surface area (Å²) < 4.78 is 0. The highest BCUT2D eigenvalue weighted by molar-refractivity contribution is 5.79. The highest BCUT2D eigenvalue weighted by Gasteiger charge is 2.31. The van der Waals surface area contributed by atoms with E-state index in [-0.39, 0.29) is 18.6 Å². The SMILES string of the molecule is O=C(C1CCCC1)N1CCCCCC1CO. The lowest BCUT2D eigenvalue weighted by atomic mass is 10.0. The molecule has 0 bridgehead atoms. The minimum Gasteiger partial charge on any atom is -0.394 e. The van der Waals surface area contributed by atoms with Gasteiger partial charge in [-0.2, -0.15) is 0 Å². The second kappa shape index (κ2) is 5.67. The summed E-state index contributed by atoms with van der Waals surface area (Å²) in [7, 11) is 0. The quantitative estimate of drug-likeness (QED) is 0.780. The Morgan fingerprint density at radius 2 is 1.75 bits per heavy atom. The third kappa shape index (κ3) is 2.57. The van der Waals surface area contributed by atoms with Gasteiger partial charge < -0.3 is 10.0 Å². The molecule has 0 aromatic carbocycles. The van der Waals surface area contributed by atoms with Gasteiger partial charge in [0.15, 0.2) is 0 Å². The Kier molecular flexibility index (Phi) is 4.22. The van der Waals surface area contributed by atoms with Crippen molar-refractivity contribution in [2.75, 3.05) is 13.2 Å². The van der Waals surface area contributed by atoms with Crippen molar-refractivity contribution in [1.82, 2.24) is 4.90 Å². The van der Waals surface area contributed by atoms with Gasteiger partial charge in [0.25, 0.3) is 0 Å². The molecule has 1 aliphatic heterocycles. The van der Waals surface area contributed by atoms with Gasteiger partial charge in [0.05, 0.1) is 12.6 Å². The largest absolute Gasteiger partial charge is 0.394 e. The fourth-order valence-corrected chi connectivity index (χ4v) is 3.06. The van der Waals surface area contributed by atoms with E-state index in [9.17, 15) is 9.90 Å². The number of hydrogen-bond acceptors (Lipinski definition) is 2. The number of amides is 1. The van der Waals surface area contributed by atoms with Gasteiger partial charge in [-0.3, -0.25) is 4.79 Å². The van der Waals surface area contributed by atoms with Gasteiger partial charge in [0, 0.05) is 12.5 Å². The van der Waals surface area contributed by atoms with Crippen LogP contribution in [0.25, 0.3) is 0 Å². The molecule has 1 amide bonds. The number of carbonyl (C=O) groups is 1. The molecule has 1 atom stereocenters. The highest BCUT2D eigenvalue weighted by atomic mass is 16.3. The summed E-state index contributed by atoms with van der Waals surface area (Å²) in [5.74, 6) is 0.575. The molecule has 1 saturated carbocycles. The predicted molar refractivity (Wildman–Crippen MR) is 63.0 cm³/mol. The number of rotatable bonds is 2. The first-order valence-electron chi connectivity index (χ1n) is 6.74. The maximum atomic E-state index is 12.3. The molecule has 0 aromatic heterocycles. The Morgan fingerprint density at radius 1 is 1.06 bits per heavy atom. The van der Waals surface area contributed by atoms with Gasteiger partial charge in [-0.25, -0.2) is 0 Å². The molecule has 1 unspecified atom stereocenters. The molecule has 2 rings (SSSR count). The molecule has 2 aliphatic rings. The van der Waals surface area contributed by atoms with Crippen molar-refractivity contribution < 1.29 is 9.90 Å². The lowest BCUT2D eigenvalue weighted by molar-refractivity contribution is -0.138. The molecular weight excluding hydrogens is 202 g/mol. The number of aliphatic hydroxyl groups is 1. The van der Waals surface area contributed by atoms with E-state index in [0.29, 0.717) is 5.91 Å². The van der Waals surface area contributed by atoms with Crippen molar-refractivity contribution >= 4 is 5.91 Å². The lowest BCUT2D eigenvalue weighted by Crippen LogP contribution is -2.44. The molecule has 2 fully saturated rings. The topological polar surface area (TPSA) is 40.5 Å². The minimum atomic E-state index is 0.0931. The average Bonchev–Trinajstić information content (AvgIpc) is 2.73. The molecule has 16 heavy (non-hydrogen) atoms. The number of likely N-dealkylation sites (tertiary alicyclic amines) is 1. The average molecular weight is 225 g/mol. The van der Waals surface area contributed by atoms with E-state index in [4.69, 9.17) is 0 Å². The van der Waals surface area contributed by atoms with E-state index >= 15 is 0 Å². The van der Waals surface area contributed by atoms with Crippen LogP contribution in [-0.4, -0.2) is 35.1 Å². The summed E-state index contributed by atoms with van der Waals surface area (Å²) in [5.41, 5.74) is 0. The van der Waals surface area contributed by atoms with Crippen LogP contribution in [0, 0.1) is 5.92 Å². The minimum absolute atomic E-state index is 0.0931. The monoisotopic (exact) mass is 225 g/mol. The van der Waals surface area contributed by atoms with Crippen molar-refractivity contribution in [1.29, 1.82) is 0 Å². The summed E-state index contributed by atoms with van der Waals surface area (Å²) in [5, 5.41) is 9.38. The lowest BCUT2D eigenvalue weighted by Gasteiger charge is -2.31. The van der Waals surface area contributed by atoms with Crippen LogP contribution < -0.4 is 0 Å². The standard InChI is InChI=1S/C13H23NO2/c15-10-12-8-2-1-5-9-14(12)13(16)11-6-3-4-7-11/h11-12,15H,1-10H2. The summed E-state index contributed by atoms with van der Waals surface area (Å²) in [6.07, 6.45) is 8.97. The number of nitrogens with zero attached hydrogens (tertiary/aromatic N) is 1. The van der Waals surface area contributed by atoms with Gasteiger partial charge in [-0.05, 0) is 25.7 Å². The molecule has 3 heteroatoms. The van der Waals surface area contributed by atoms with E-state index in [2.05, 4.69) is 0 Å². The van der Waals surface area contributed by atoms with Crippen molar-refractivity contribution in [2.24, 2.45) is 5.92 Å². The Bertz CT molecular complexity index is 236. The third-order valence-electron chi connectivity index (χ3n) is 4.08. The molecule has 92 valence electrons. The Balaban J connectivity index is 2.00. The fourth-order valence-electron chi connectivity index (χ4n) is 3.06. The molecule has 1 heterocycles. The van der Waals surface area contributed by atoms with Crippen LogP contribution in [0.3, 0.4) is 0 Å². The molecule has 1 aliphatic carbocycles. The summed E-state index contributed by atoms with van der Waals surface area (Å²) in [6, 6.07) is 0.0931. The zero-order valence-electron chi connectivity index (χ0n) is 10.0. The molecule has 3 nitrogen and oxygen atoms in total. The van der Waals surface area contributed by atoms with Gasteiger partial charge in [0.2, 0.25) is 5.91 Å². The predicted octanol–water partition coefficient (Wildman–Crippen LogP) is 1.94. The van der Waals surface area contributed by atoms with E-state index in [0.717, 1.165) is 38.6 Å². The fraction of sp³-hybridized carbons (Fsp3) is 0.923. The second-order valence-electron chi connectivity index (χ2n) is 5.20. The van der Waals surface area contributed by atoms with Crippen molar-refractivity contribution in [2.45, 2.75) is 57.4 Å². The van der Waals surface area contributed by atoms with Gasteiger partial charge in [0.1, 0.15) is 0 Å². The first kappa shape index (κ1) is 11.9. The van der Waals surface area contributed by atoms with Crippen molar-refractivity contribution in [3.63, 3.8) is 0 Å². The van der Waals surface area contributed by atoms with Crippen molar-refractivity contribution in [3.05, 3.63) is 0 Å². The van der Waals surface area contributed by atoms with E-state index in [1.165, 1.54) is 19.3 Å². The smallest absolute Gasteiger partial charge is 0.226 e. The van der Waals surface area contributed by atoms with E-state index in [1.807, 2.05) is 4.90 Å². The Labute approximate surface area is 97.8 Å². The van der Waals surface area contributed by atoms with E-state index < -0.39 is 0 Å². The maximum absolute atomic E-state index is 12.3. The highest BCUT2D eigenvalue weighted by Crippen LogP contribution is 2.28. The van der Waals surface area contributed by atoms with Crippen LogP contribution in [0.1, 0.15) is 51.4 Å². The van der Waals surface area contributed by atoms with Crippen LogP contribution >= 0.6 is 0 Å². The summed E-state index contributed by atoms with van der Waals surface area (Å²) >= 11 is 0. The van der Waals surface area contributed by atoms with Crippen LogP contribution in [0.5, 0.6) is 0 Å². The normalized spacial score (nSPS) is 28.1. The van der Waals surface area contributed by atoms with E-state index in [1.54, 1.807) is 0 Å². The third-order valence-corrected chi connectivity index (χ3v) is 4.08. The maximum Gasteiger partial charge on any atom is 0.226 e. The zero-order chi connectivity index (χ0) is 11.4. The molecular formula is C13H23NO2. The Morgan fingerprint density at radius 3 is 2.44 bits per heavy atom. The molecule has 0 radical (unpaired) electrons. The first-order chi connectivity index (χ1) is 7.83. The zero-order valence-corrected chi connectivity index (χ0v) is 10.0.